The van der Waals surface area contributed by atoms with E-state index in [4.69, 9.17) is 9.47 Å². The topological polar surface area (TPSA) is 69.7 Å². The smallest absolute Gasteiger partial charge is 0.346 e. The van der Waals surface area contributed by atoms with Crippen LogP contribution in [0.5, 0.6) is 5.75 Å². The highest BCUT2D eigenvalue weighted by molar-refractivity contribution is 6.21. The van der Waals surface area contributed by atoms with Gasteiger partial charge in [0.25, 0.3) is 0 Å². The molecule has 2 aromatic rings. The van der Waals surface area contributed by atoms with Gasteiger partial charge in [-0.1, -0.05) is 19.1 Å². The van der Waals surface area contributed by atoms with E-state index in [2.05, 4.69) is 0 Å². The molecule has 0 saturated heterocycles. The molecule has 0 unspecified atom stereocenters. The highest BCUT2D eigenvalue weighted by atomic mass is 16.6. The van der Waals surface area contributed by atoms with E-state index < -0.39 is 11.9 Å². The summed E-state index contributed by atoms with van der Waals surface area (Å²) < 4.78 is 9.90. The number of esters is 3. The van der Waals surface area contributed by atoms with Crippen LogP contribution in [0.3, 0.4) is 0 Å². The zero-order valence-corrected chi connectivity index (χ0v) is 11.3. The minimum absolute atomic E-state index is 0.238. The Kier molecular flexibility index (Phi) is 3.17. The number of rotatable bonds is 3. The van der Waals surface area contributed by atoms with Crippen molar-refractivity contribution < 1.29 is 23.9 Å². The molecule has 0 bridgehead atoms. The van der Waals surface area contributed by atoms with Crippen LogP contribution in [0.2, 0.25) is 0 Å². The van der Waals surface area contributed by atoms with Crippen LogP contribution in [0.4, 0.5) is 0 Å². The minimum atomic E-state index is -0.725. The first-order valence-electron chi connectivity index (χ1n) is 6.64. The Morgan fingerprint density at radius 1 is 1.14 bits per heavy atom. The molecule has 0 radical (unpaired) electrons. The van der Waals surface area contributed by atoms with Gasteiger partial charge in [-0.15, -0.1) is 0 Å². The Balaban J connectivity index is 2.14. The molecule has 0 fully saturated rings. The highest BCUT2D eigenvalue weighted by Gasteiger charge is 2.28. The Bertz CT molecular complexity index is 776. The first-order valence-corrected chi connectivity index (χ1v) is 6.64. The van der Waals surface area contributed by atoms with E-state index in [0.29, 0.717) is 29.2 Å². The summed E-state index contributed by atoms with van der Waals surface area (Å²) in [7, 11) is 0. The Labute approximate surface area is 120 Å². The number of benzene rings is 2. The molecule has 0 aromatic heterocycles. The highest BCUT2D eigenvalue weighted by Crippen LogP contribution is 2.32. The van der Waals surface area contributed by atoms with Gasteiger partial charge in [0, 0.05) is 11.8 Å². The van der Waals surface area contributed by atoms with Crippen molar-refractivity contribution in [2.24, 2.45) is 0 Å². The summed E-state index contributed by atoms with van der Waals surface area (Å²) in [4.78, 5) is 35.1. The van der Waals surface area contributed by atoms with Crippen molar-refractivity contribution in [1.82, 2.24) is 0 Å². The van der Waals surface area contributed by atoms with Gasteiger partial charge in [0.05, 0.1) is 11.1 Å². The van der Waals surface area contributed by atoms with Gasteiger partial charge >= 0.3 is 17.9 Å². The molecule has 0 N–H and O–H groups in total. The maximum atomic E-state index is 11.9. The van der Waals surface area contributed by atoms with E-state index in [1.165, 1.54) is 6.07 Å². The molecular formula is C16H12O5. The molecule has 3 rings (SSSR count). The van der Waals surface area contributed by atoms with Gasteiger partial charge in [0.15, 0.2) is 0 Å². The van der Waals surface area contributed by atoms with E-state index in [9.17, 15) is 14.4 Å². The van der Waals surface area contributed by atoms with Gasteiger partial charge in [-0.3, -0.25) is 4.79 Å². The van der Waals surface area contributed by atoms with Gasteiger partial charge < -0.3 is 9.47 Å². The third-order valence-corrected chi connectivity index (χ3v) is 3.26. The second-order valence-electron chi connectivity index (χ2n) is 4.78. The van der Waals surface area contributed by atoms with E-state index in [1.807, 2.05) is 6.92 Å². The van der Waals surface area contributed by atoms with Gasteiger partial charge in [-0.25, -0.2) is 9.59 Å². The fraction of sp³-hybridized carbons (Fsp3) is 0.188. The standard InChI is InChI=1S/C16H12O5/c1-2-4-13(17)20-10-7-9-5-3-6-11-14(9)12(8-10)16(19)21-15(11)18/h3,5-8H,2,4H2,1H3. The van der Waals surface area contributed by atoms with Crippen LogP contribution in [0, 0.1) is 0 Å². The van der Waals surface area contributed by atoms with E-state index in [1.54, 1.807) is 24.3 Å². The number of hydrogen-bond acceptors (Lipinski definition) is 5. The first-order chi connectivity index (χ1) is 10.1. The molecule has 1 aliphatic rings. The van der Waals surface area contributed by atoms with Crippen molar-refractivity contribution in [3.63, 3.8) is 0 Å². The molecule has 0 spiro atoms. The molecule has 5 heteroatoms. The van der Waals surface area contributed by atoms with Gasteiger partial charge in [-0.05, 0) is 30.0 Å². The molecule has 0 amide bonds. The van der Waals surface area contributed by atoms with E-state index in [0.717, 1.165) is 0 Å². The lowest BCUT2D eigenvalue weighted by Crippen LogP contribution is -2.20. The van der Waals surface area contributed by atoms with E-state index in [-0.39, 0.29) is 17.3 Å². The average Bonchev–Trinajstić information content (AvgIpc) is 2.44. The molecular weight excluding hydrogens is 272 g/mol. The Hall–Kier alpha value is -2.69. The average molecular weight is 284 g/mol. The molecule has 106 valence electrons. The van der Waals surface area contributed by atoms with Gasteiger partial charge in [-0.2, -0.15) is 0 Å². The van der Waals surface area contributed by atoms with Crippen LogP contribution in [0.25, 0.3) is 10.8 Å². The number of hydrogen-bond donors (Lipinski definition) is 0. The third-order valence-electron chi connectivity index (χ3n) is 3.26. The van der Waals surface area contributed by atoms with Gasteiger partial charge in [0.2, 0.25) is 0 Å². The van der Waals surface area contributed by atoms with Crippen molar-refractivity contribution in [2.45, 2.75) is 19.8 Å². The van der Waals surface area contributed by atoms with Crippen LogP contribution in [-0.4, -0.2) is 17.9 Å². The Morgan fingerprint density at radius 2 is 1.90 bits per heavy atom. The quantitative estimate of drug-likeness (QED) is 0.492. The molecule has 5 nitrogen and oxygen atoms in total. The van der Waals surface area contributed by atoms with Crippen LogP contribution >= 0.6 is 0 Å². The molecule has 1 aliphatic heterocycles. The lowest BCUT2D eigenvalue weighted by atomic mass is 9.97. The first kappa shape index (κ1) is 13.3. The fourth-order valence-electron chi connectivity index (χ4n) is 2.37. The molecule has 21 heavy (non-hydrogen) atoms. The van der Waals surface area contributed by atoms with Crippen molar-refractivity contribution in [3.8, 4) is 5.75 Å². The zero-order chi connectivity index (χ0) is 15.0. The summed E-state index contributed by atoms with van der Waals surface area (Å²) in [5.74, 6) is -1.47. The second-order valence-corrected chi connectivity index (χ2v) is 4.78. The molecule has 0 atom stereocenters. The summed E-state index contributed by atoms with van der Waals surface area (Å²) in [6.07, 6.45) is 0.982. The van der Waals surface area contributed by atoms with Crippen molar-refractivity contribution in [3.05, 3.63) is 41.5 Å². The normalized spacial score (nSPS) is 13.2. The van der Waals surface area contributed by atoms with Gasteiger partial charge in [0.1, 0.15) is 5.75 Å². The Morgan fingerprint density at radius 3 is 2.67 bits per heavy atom. The number of carbonyl (C=O) groups excluding carboxylic acids is 3. The predicted molar refractivity (Wildman–Crippen MR) is 74.2 cm³/mol. The van der Waals surface area contributed by atoms with Crippen LogP contribution in [-0.2, 0) is 9.53 Å². The number of cyclic esters (lactones) is 2. The molecule has 0 aliphatic carbocycles. The summed E-state index contributed by atoms with van der Waals surface area (Å²) >= 11 is 0. The van der Waals surface area contributed by atoms with Crippen LogP contribution in [0.15, 0.2) is 30.3 Å². The van der Waals surface area contributed by atoms with Crippen LogP contribution < -0.4 is 4.74 Å². The van der Waals surface area contributed by atoms with Crippen LogP contribution in [0.1, 0.15) is 40.5 Å². The van der Waals surface area contributed by atoms with Crippen molar-refractivity contribution in [2.75, 3.05) is 0 Å². The SMILES string of the molecule is CCCC(=O)Oc1cc2c3c(cccc3c1)C(=O)OC2=O. The summed E-state index contributed by atoms with van der Waals surface area (Å²) in [5, 5.41) is 1.20. The third kappa shape index (κ3) is 2.27. The molecule has 2 aromatic carbocycles. The molecule has 1 heterocycles. The number of carbonyl (C=O) groups is 3. The second kappa shape index (κ2) is 5.01. The largest absolute Gasteiger partial charge is 0.426 e. The summed E-state index contributed by atoms with van der Waals surface area (Å²) in [5.41, 5.74) is 0.579. The lowest BCUT2D eigenvalue weighted by Gasteiger charge is -2.16. The maximum Gasteiger partial charge on any atom is 0.346 e. The number of ether oxygens (including phenoxy) is 2. The lowest BCUT2D eigenvalue weighted by molar-refractivity contribution is -0.134. The van der Waals surface area contributed by atoms with Crippen molar-refractivity contribution >= 4 is 28.7 Å². The molecule has 0 saturated carbocycles. The monoisotopic (exact) mass is 284 g/mol. The van der Waals surface area contributed by atoms with E-state index >= 15 is 0 Å². The minimum Gasteiger partial charge on any atom is -0.426 e. The van der Waals surface area contributed by atoms with Crippen molar-refractivity contribution in [1.29, 1.82) is 0 Å². The fourth-order valence-corrected chi connectivity index (χ4v) is 2.37. The zero-order valence-electron chi connectivity index (χ0n) is 11.3. The summed E-state index contributed by atoms with van der Waals surface area (Å²) in [6, 6.07) is 8.13. The summed E-state index contributed by atoms with van der Waals surface area (Å²) in [6.45, 7) is 1.88. The predicted octanol–water partition coefficient (Wildman–Crippen LogP) is 2.86. The maximum absolute atomic E-state index is 11.9.